The molecule has 0 aromatic heterocycles. The highest BCUT2D eigenvalue weighted by Gasteiger charge is 2.05. The van der Waals surface area contributed by atoms with E-state index < -0.39 is 6.43 Å². The molecule has 0 radical (unpaired) electrons. The normalized spacial score (nSPS) is 10.5. The second kappa shape index (κ2) is 6.78. The van der Waals surface area contributed by atoms with Gasteiger partial charge in [0, 0.05) is 18.7 Å². The van der Waals surface area contributed by atoms with E-state index in [0.717, 1.165) is 11.1 Å². The van der Waals surface area contributed by atoms with E-state index in [9.17, 15) is 8.78 Å². The first-order valence-electron chi connectivity index (χ1n) is 6.26. The van der Waals surface area contributed by atoms with E-state index in [2.05, 4.69) is 11.4 Å². The molecule has 2 nitrogen and oxygen atoms in total. The standard InChI is InChI=1S/C16H14F2N2/c17-16(18)15-7-5-14(6-8-15)11-20-10-13-3-1-12(9-19)2-4-13/h1-8,16,20H,10-11H2. The van der Waals surface area contributed by atoms with Crippen LogP contribution in [0.4, 0.5) is 8.78 Å². The molecule has 0 saturated heterocycles. The Labute approximate surface area is 116 Å². The summed E-state index contributed by atoms with van der Waals surface area (Å²) < 4.78 is 24.8. The highest BCUT2D eigenvalue weighted by Crippen LogP contribution is 2.18. The molecule has 2 aromatic rings. The van der Waals surface area contributed by atoms with Crippen LogP contribution in [0, 0.1) is 11.3 Å². The van der Waals surface area contributed by atoms with E-state index in [-0.39, 0.29) is 5.56 Å². The maximum absolute atomic E-state index is 12.4. The molecule has 0 atom stereocenters. The molecule has 0 heterocycles. The number of alkyl halides is 2. The van der Waals surface area contributed by atoms with Crippen molar-refractivity contribution in [2.45, 2.75) is 19.5 Å². The van der Waals surface area contributed by atoms with E-state index in [0.29, 0.717) is 18.7 Å². The first-order valence-corrected chi connectivity index (χ1v) is 6.26. The molecule has 2 aromatic carbocycles. The Morgan fingerprint density at radius 2 is 1.40 bits per heavy atom. The lowest BCUT2D eigenvalue weighted by molar-refractivity contribution is 0.151. The Kier molecular flexibility index (Phi) is 4.80. The van der Waals surface area contributed by atoms with Gasteiger partial charge in [-0.15, -0.1) is 0 Å². The number of benzene rings is 2. The van der Waals surface area contributed by atoms with Crippen LogP contribution >= 0.6 is 0 Å². The number of halogens is 2. The van der Waals surface area contributed by atoms with Crippen molar-refractivity contribution in [3.8, 4) is 6.07 Å². The molecule has 0 unspecified atom stereocenters. The van der Waals surface area contributed by atoms with Gasteiger partial charge in [0.1, 0.15) is 0 Å². The Balaban J connectivity index is 1.84. The van der Waals surface area contributed by atoms with Crippen molar-refractivity contribution < 1.29 is 8.78 Å². The number of nitrogens with one attached hydrogen (secondary N) is 1. The van der Waals surface area contributed by atoms with Gasteiger partial charge in [0.15, 0.2) is 0 Å². The van der Waals surface area contributed by atoms with Crippen molar-refractivity contribution in [1.82, 2.24) is 5.32 Å². The van der Waals surface area contributed by atoms with Crippen LogP contribution in [0.5, 0.6) is 0 Å². The number of nitriles is 1. The first-order chi connectivity index (χ1) is 9.69. The summed E-state index contributed by atoms with van der Waals surface area (Å²) in [6.07, 6.45) is -2.42. The van der Waals surface area contributed by atoms with Crippen molar-refractivity contribution in [2.75, 3.05) is 0 Å². The van der Waals surface area contributed by atoms with E-state index in [1.54, 1.807) is 24.3 Å². The van der Waals surface area contributed by atoms with Gasteiger partial charge < -0.3 is 5.32 Å². The Morgan fingerprint density at radius 1 is 0.900 bits per heavy atom. The Hall–Kier alpha value is -2.25. The van der Waals surface area contributed by atoms with Crippen LogP contribution in [0.3, 0.4) is 0 Å². The third kappa shape index (κ3) is 3.87. The maximum Gasteiger partial charge on any atom is 0.263 e. The van der Waals surface area contributed by atoms with Crippen LogP contribution in [-0.2, 0) is 13.1 Å². The van der Waals surface area contributed by atoms with Gasteiger partial charge in [0.2, 0.25) is 0 Å². The van der Waals surface area contributed by atoms with E-state index >= 15 is 0 Å². The molecule has 102 valence electrons. The largest absolute Gasteiger partial charge is 0.309 e. The number of hydrogen-bond donors (Lipinski definition) is 1. The van der Waals surface area contributed by atoms with Crippen LogP contribution in [0.15, 0.2) is 48.5 Å². The van der Waals surface area contributed by atoms with Crippen molar-refractivity contribution in [2.24, 2.45) is 0 Å². The van der Waals surface area contributed by atoms with E-state index in [4.69, 9.17) is 5.26 Å². The predicted octanol–water partition coefficient (Wildman–Crippen LogP) is 3.79. The second-order valence-electron chi connectivity index (χ2n) is 4.45. The van der Waals surface area contributed by atoms with Crippen LogP contribution in [-0.4, -0.2) is 0 Å². The van der Waals surface area contributed by atoms with Gasteiger partial charge in [-0.3, -0.25) is 0 Å². The molecule has 2 rings (SSSR count). The molecular formula is C16H14F2N2. The quantitative estimate of drug-likeness (QED) is 0.899. The SMILES string of the molecule is N#Cc1ccc(CNCc2ccc(C(F)F)cc2)cc1. The van der Waals surface area contributed by atoms with Crippen molar-refractivity contribution >= 4 is 0 Å². The van der Waals surface area contributed by atoms with Crippen molar-refractivity contribution in [3.05, 3.63) is 70.8 Å². The molecule has 0 fully saturated rings. The van der Waals surface area contributed by atoms with Gasteiger partial charge >= 0.3 is 0 Å². The fourth-order valence-corrected chi connectivity index (χ4v) is 1.83. The first kappa shape index (κ1) is 14.2. The fourth-order valence-electron chi connectivity index (χ4n) is 1.83. The van der Waals surface area contributed by atoms with Gasteiger partial charge in [-0.05, 0) is 23.3 Å². The fraction of sp³-hybridized carbons (Fsp3) is 0.188. The Morgan fingerprint density at radius 3 is 1.85 bits per heavy atom. The number of nitrogens with zero attached hydrogens (tertiary/aromatic N) is 1. The molecule has 0 aliphatic heterocycles. The summed E-state index contributed by atoms with van der Waals surface area (Å²) in [4.78, 5) is 0. The molecule has 1 N–H and O–H groups in total. The van der Waals surface area contributed by atoms with Gasteiger partial charge in [-0.2, -0.15) is 5.26 Å². The summed E-state index contributed by atoms with van der Waals surface area (Å²) in [6, 6.07) is 15.7. The average molecular weight is 272 g/mol. The average Bonchev–Trinajstić information content (AvgIpc) is 2.48. The summed E-state index contributed by atoms with van der Waals surface area (Å²) >= 11 is 0. The maximum atomic E-state index is 12.4. The molecule has 0 bridgehead atoms. The molecule has 0 spiro atoms. The topological polar surface area (TPSA) is 35.8 Å². The van der Waals surface area contributed by atoms with Crippen LogP contribution < -0.4 is 5.32 Å². The lowest BCUT2D eigenvalue weighted by Gasteiger charge is -2.06. The minimum absolute atomic E-state index is 0.0424. The molecule has 20 heavy (non-hydrogen) atoms. The molecule has 0 amide bonds. The minimum atomic E-state index is -2.42. The van der Waals surface area contributed by atoms with Crippen LogP contribution in [0.2, 0.25) is 0 Å². The minimum Gasteiger partial charge on any atom is -0.309 e. The van der Waals surface area contributed by atoms with Crippen LogP contribution in [0.1, 0.15) is 28.7 Å². The summed E-state index contributed by atoms with van der Waals surface area (Å²) in [5.74, 6) is 0. The van der Waals surface area contributed by atoms with Gasteiger partial charge in [0.05, 0.1) is 11.6 Å². The summed E-state index contributed by atoms with van der Waals surface area (Å²) in [5.41, 5.74) is 2.72. The highest BCUT2D eigenvalue weighted by molar-refractivity contribution is 5.31. The summed E-state index contributed by atoms with van der Waals surface area (Å²) in [6.45, 7) is 1.28. The zero-order chi connectivity index (χ0) is 14.4. The van der Waals surface area contributed by atoms with E-state index in [1.807, 2.05) is 12.1 Å². The van der Waals surface area contributed by atoms with Gasteiger partial charge in [-0.25, -0.2) is 8.78 Å². The number of hydrogen-bond acceptors (Lipinski definition) is 2. The van der Waals surface area contributed by atoms with Crippen LogP contribution in [0.25, 0.3) is 0 Å². The van der Waals surface area contributed by atoms with Gasteiger partial charge in [-0.1, -0.05) is 36.4 Å². The number of rotatable bonds is 5. The summed E-state index contributed by atoms with van der Waals surface area (Å²) in [7, 11) is 0. The molecule has 0 aliphatic carbocycles. The zero-order valence-corrected chi connectivity index (χ0v) is 10.8. The van der Waals surface area contributed by atoms with Crippen molar-refractivity contribution in [1.29, 1.82) is 5.26 Å². The third-order valence-corrected chi connectivity index (χ3v) is 2.97. The third-order valence-electron chi connectivity index (χ3n) is 2.97. The predicted molar refractivity (Wildman–Crippen MR) is 73.1 cm³/mol. The monoisotopic (exact) mass is 272 g/mol. The lowest BCUT2D eigenvalue weighted by Crippen LogP contribution is -2.12. The highest BCUT2D eigenvalue weighted by atomic mass is 19.3. The molecule has 0 aliphatic rings. The smallest absolute Gasteiger partial charge is 0.263 e. The van der Waals surface area contributed by atoms with Gasteiger partial charge in [0.25, 0.3) is 6.43 Å². The molecule has 4 heteroatoms. The van der Waals surface area contributed by atoms with Crippen molar-refractivity contribution in [3.63, 3.8) is 0 Å². The second-order valence-corrected chi connectivity index (χ2v) is 4.45. The lowest BCUT2D eigenvalue weighted by atomic mass is 10.1. The molecular weight excluding hydrogens is 258 g/mol. The zero-order valence-electron chi connectivity index (χ0n) is 10.8. The van der Waals surface area contributed by atoms with E-state index in [1.165, 1.54) is 12.1 Å². The summed E-state index contributed by atoms with van der Waals surface area (Å²) in [5, 5.41) is 11.9. The Bertz CT molecular complexity index is 583. The molecule has 0 saturated carbocycles.